The lowest BCUT2D eigenvalue weighted by Crippen LogP contribution is -2.42. The number of fused-ring (bicyclic) bond motifs is 1. The second-order valence-corrected chi connectivity index (χ2v) is 9.04. The number of anilines is 1. The van der Waals surface area contributed by atoms with Crippen molar-refractivity contribution in [3.05, 3.63) is 9.90 Å². The number of rotatable bonds is 3. The molecule has 0 aliphatic carbocycles. The number of aromatic nitrogens is 3. The van der Waals surface area contributed by atoms with Crippen LogP contribution in [0.15, 0.2) is 6.20 Å². The number of halogens is 1. The Morgan fingerprint density at radius 1 is 1.46 bits per heavy atom. The van der Waals surface area contributed by atoms with Crippen molar-refractivity contribution >= 4 is 50.1 Å². The summed E-state index contributed by atoms with van der Waals surface area (Å²) in [5.41, 5.74) is -0.435. The minimum absolute atomic E-state index is 0.204. The number of imidazole rings is 1. The van der Waals surface area contributed by atoms with Gasteiger partial charge in [-0.05, 0) is 62.1 Å². The predicted octanol–water partition coefficient (Wildman–Crippen LogP) is 3.45. The molecule has 1 fully saturated rings. The molecule has 7 nitrogen and oxygen atoms in total. The summed E-state index contributed by atoms with van der Waals surface area (Å²) in [4.78, 5) is 19.1. The number of likely N-dealkylation sites (tertiary alicyclic amines) is 1. The number of piperidine rings is 1. The van der Waals surface area contributed by atoms with Crippen LogP contribution >= 0.6 is 33.9 Å². The summed E-state index contributed by atoms with van der Waals surface area (Å²) < 4.78 is 8.29. The monoisotopic (exact) mass is 463 g/mol. The number of nitrogens with zero attached hydrogens (tertiary/aromatic N) is 4. The molecule has 3 rings (SSSR count). The van der Waals surface area contributed by atoms with Crippen molar-refractivity contribution in [1.29, 1.82) is 0 Å². The highest BCUT2D eigenvalue weighted by molar-refractivity contribution is 14.1. The molecule has 1 amide bonds. The molecule has 0 spiro atoms. The maximum Gasteiger partial charge on any atom is 0.410 e. The maximum absolute atomic E-state index is 12.1. The van der Waals surface area contributed by atoms with Gasteiger partial charge in [0.15, 0.2) is 0 Å². The van der Waals surface area contributed by atoms with Crippen LogP contribution in [0.4, 0.5) is 9.93 Å². The average Bonchev–Trinajstić information content (AvgIpc) is 3.06. The molecule has 2 aromatic rings. The van der Waals surface area contributed by atoms with Gasteiger partial charge in [-0.2, -0.15) is 4.52 Å². The molecule has 1 N–H and O–H groups in total. The Morgan fingerprint density at radius 3 is 2.79 bits per heavy atom. The molecule has 0 unspecified atom stereocenters. The number of hydrogen-bond donors (Lipinski definition) is 1. The molecular formula is C15H22IN5O2S. The molecule has 0 saturated carbocycles. The molecule has 1 saturated heterocycles. The lowest BCUT2D eigenvalue weighted by Gasteiger charge is -2.33. The van der Waals surface area contributed by atoms with Crippen LogP contribution in [0.25, 0.3) is 4.96 Å². The number of amides is 1. The van der Waals surface area contributed by atoms with E-state index in [2.05, 4.69) is 38.0 Å². The first-order chi connectivity index (χ1) is 11.3. The molecule has 2 aromatic heterocycles. The molecule has 1 aliphatic heterocycles. The van der Waals surface area contributed by atoms with Crippen molar-refractivity contribution in [1.82, 2.24) is 19.5 Å². The molecule has 3 heterocycles. The van der Waals surface area contributed by atoms with Gasteiger partial charge < -0.3 is 15.0 Å². The van der Waals surface area contributed by atoms with Gasteiger partial charge in [0.2, 0.25) is 10.1 Å². The normalized spacial score (nSPS) is 16.6. The van der Waals surface area contributed by atoms with E-state index in [9.17, 15) is 4.79 Å². The highest BCUT2D eigenvalue weighted by atomic mass is 127. The van der Waals surface area contributed by atoms with Gasteiger partial charge in [0, 0.05) is 19.6 Å². The van der Waals surface area contributed by atoms with Crippen molar-refractivity contribution in [3.8, 4) is 0 Å². The molecular weight excluding hydrogens is 441 g/mol. The second kappa shape index (κ2) is 7.03. The molecule has 132 valence electrons. The van der Waals surface area contributed by atoms with Crippen LogP contribution in [0, 0.1) is 9.62 Å². The standard InChI is InChI=1S/C15H22IN5O2S/c1-15(2,3)23-14(22)20-6-4-10(5-7-20)8-17-12-19-21-11(16)9-18-13(21)24-12/h9-10H,4-8H2,1-3H3,(H,17,19). The Hall–Kier alpha value is -1.10. The highest BCUT2D eigenvalue weighted by Crippen LogP contribution is 2.23. The van der Waals surface area contributed by atoms with Gasteiger partial charge in [-0.3, -0.25) is 0 Å². The lowest BCUT2D eigenvalue weighted by molar-refractivity contribution is 0.0188. The van der Waals surface area contributed by atoms with Gasteiger partial charge in [0.1, 0.15) is 9.30 Å². The zero-order valence-electron chi connectivity index (χ0n) is 14.1. The summed E-state index contributed by atoms with van der Waals surface area (Å²) in [6.45, 7) is 8.06. The summed E-state index contributed by atoms with van der Waals surface area (Å²) in [6.07, 6.45) is 3.57. The highest BCUT2D eigenvalue weighted by Gasteiger charge is 2.26. The SMILES string of the molecule is CC(C)(C)OC(=O)N1CCC(CNc2nn3c(I)cnc3s2)CC1. The van der Waals surface area contributed by atoms with E-state index in [0.29, 0.717) is 5.92 Å². The zero-order valence-corrected chi connectivity index (χ0v) is 17.1. The van der Waals surface area contributed by atoms with Gasteiger partial charge in [-0.15, -0.1) is 5.10 Å². The minimum atomic E-state index is -0.435. The average molecular weight is 463 g/mol. The van der Waals surface area contributed by atoms with Crippen molar-refractivity contribution in [3.63, 3.8) is 0 Å². The van der Waals surface area contributed by atoms with Crippen LogP contribution in [0.1, 0.15) is 33.6 Å². The zero-order chi connectivity index (χ0) is 17.3. The Morgan fingerprint density at radius 2 is 2.17 bits per heavy atom. The quantitative estimate of drug-likeness (QED) is 0.707. The smallest absolute Gasteiger partial charge is 0.410 e. The molecule has 1 aliphatic rings. The van der Waals surface area contributed by atoms with Gasteiger partial charge in [0.05, 0.1) is 6.20 Å². The van der Waals surface area contributed by atoms with E-state index in [1.54, 1.807) is 11.3 Å². The third kappa shape index (κ3) is 4.29. The molecule has 9 heteroatoms. The number of carbonyl (C=O) groups excluding carboxylic acids is 1. The second-order valence-electron chi connectivity index (χ2n) is 6.97. The van der Waals surface area contributed by atoms with Crippen molar-refractivity contribution < 1.29 is 9.53 Å². The van der Waals surface area contributed by atoms with E-state index in [0.717, 1.165) is 46.3 Å². The molecule has 0 bridgehead atoms. The maximum atomic E-state index is 12.1. The van der Waals surface area contributed by atoms with Crippen LogP contribution in [0.5, 0.6) is 0 Å². The molecule has 0 aromatic carbocycles. The van der Waals surface area contributed by atoms with E-state index < -0.39 is 5.60 Å². The third-order valence-corrected chi connectivity index (χ3v) is 5.47. The van der Waals surface area contributed by atoms with Crippen LogP contribution in [-0.2, 0) is 4.74 Å². The van der Waals surface area contributed by atoms with E-state index in [-0.39, 0.29) is 6.09 Å². The number of ether oxygens (including phenoxy) is 1. The van der Waals surface area contributed by atoms with Crippen molar-refractivity contribution in [2.24, 2.45) is 5.92 Å². The summed E-state index contributed by atoms with van der Waals surface area (Å²) in [6, 6.07) is 0. The molecule has 0 atom stereocenters. The van der Waals surface area contributed by atoms with E-state index in [1.165, 1.54) is 0 Å². The fourth-order valence-corrected chi connectivity index (χ4v) is 4.04. The van der Waals surface area contributed by atoms with E-state index >= 15 is 0 Å². The van der Waals surface area contributed by atoms with E-state index in [1.807, 2.05) is 36.4 Å². The Balaban J connectivity index is 1.46. The summed E-state index contributed by atoms with van der Waals surface area (Å²) in [7, 11) is 0. The first-order valence-corrected chi connectivity index (χ1v) is 9.93. The van der Waals surface area contributed by atoms with Crippen LogP contribution < -0.4 is 5.32 Å². The van der Waals surface area contributed by atoms with Crippen LogP contribution in [-0.4, -0.2) is 50.8 Å². The van der Waals surface area contributed by atoms with Crippen molar-refractivity contribution in [2.75, 3.05) is 25.0 Å². The largest absolute Gasteiger partial charge is 0.444 e. The lowest BCUT2D eigenvalue weighted by atomic mass is 9.97. The Bertz CT molecular complexity index is 715. The van der Waals surface area contributed by atoms with Crippen LogP contribution in [0.2, 0.25) is 0 Å². The number of nitrogens with one attached hydrogen (secondary N) is 1. The molecule has 0 radical (unpaired) electrons. The number of hydrogen-bond acceptors (Lipinski definition) is 6. The van der Waals surface area contributed by atoms with Gasteiger partial charge >= 0.3 is 6.09 Å². The summed E-state index contributed by atoms with van der Waals surface area (Å²) in [5, 5.41) is 8.81. The predicted molar refractivity (Wildman–Crippen MR) is 103 cm³/mol. The van der Waals surface area contributed by atoms with Crippen molar-refractivity contribution in [2.45, 2.75) is 39.2 Å². The first kappa shape index (κ1) is 17.7. The Labute approximate surface area is 158 Å². The first-order valence-electron chi connectivity index (χ1n) is 8.04. The van der Waals surface area contributed by atoms with Crippen LogP contribution in [0.3, 0.4) is 0 Å². The number of carbonyl (C=O) groups is 1. The van der Waals surface area contributed by atoms with Gasteiger partial charge in [-0.25, -0.2) is 9.78 Å². The summed E-state index contributed by atoms with van der Waals surface area (Å²) >= 11 is 3.78. The minimum Gasteiger partial charge on any atom is -0.444 e. The fourth-order valence-electron chi connectivity index (χ4n) is 2.62. The topological polar surface area (TPSA) is 71.8 Å². The van der Waals surface area contributed by atoms with Gasteiger partial charge in [-0.1, -0.05) is 11.3 Å². The van der Waals surface area contributed by atoms with E-state index in [4.69, 9.17) is 4.74 Å². The molecule has 24 heavy (non-hydrogen) atoms. The third-order valence-electron chi connectivity index (χ3n) is 3.85. The Kier molecular flexibility index (Phi) is 5.19. The summed E-state index contributed by atoms with van der Waals surface area (Å²) in [5.74, 6) is 0.541. The fraction of sp³-hybridized carbons (Fsp3) is 0.667. The van der Waals surface area contributed by atoms with Gasteiger partial charge in [0.25, 0.3) is 0 Å².